The summed E-state index contributed by atoms with van der Waals surface area (Å²) in [5, 5.41) is 0. The van der Waals surface area contributed by atoms with Gasteiger partial charge in [0.25, 0.3) is 0 Å². The van der Waals surface area contributed by atoms with Gasteiger partial charge in [-0.25, -0.2) is 4.79 Å². The van der Waals surface area contributed by atoms with Crippen molar-refractivity contribution in [2.45, 2.75) is 120 Å². The first kappa shape index (κ1) is 23.6. The van der Waals surface area contributed by atoms with Gasteiger partial charge in [0.15, 0.2) is 0 Å². The van der Waals surface area contributed by atoms with Crippen LogP contribution in [0.25, 0.3) is 0 Å². The van der Waals surface area contributed by atoms with Crippen LogP contribution in [0.15, 0.2) is 0 Å². The second-order valence-electron chi connectivity index (χ2n) is 10.6. The molecule has 2 aliphatic heterocycles. The molecule has 4 nitrogen and oxygen atoms in total. The van der Waals surface area contributed by atoms with Crippen molar-refractivity contribution < 1.29 is 14.3 Å². The minimum Gasteiger partial charge on any atom is -0.444 e. The Morgan fingerprint density at radius 1 is 1.07 bits per heavy atom. The SMILES string of the molecule is CC(C)(C)OC(=O)N1[C@@H](CC2CCCCC2)[C@H](CC2(C)SCCCS2)OC1(C)C. The lowest BCUT2D eigenvalue weighted by Gasteiger charge is -2.38. The van der Waals surface area contributed by atoms with Crippen LogP contribution in [0.4, 0.5) is 4.79 Å². The number of carbonyl (C=O) groups is 1. The summed E-state index contributed by atoms with van der Waals surface area (Å²) in [5.74, 6) is 3.14. The van der Waals surface area contributed by atoms with Gasteiger partial charge < -0.3 is 9.47 Å². The Bertz CT molecular complexity index is 563. The quantitative estimate of drug-likeness (QED) is 0.485. The number of ether oxygens (including phenoxy) is 2. The van der Waals surface area contributed by atoms with Gasteiger partial charge in [0.1, 0.15) is 11.3 Å². The summed E-state index contributed by atoms with van der Waals surface area (Å²) < 4.78 is 12.6. The minimum absolute atomic E-state index is 0.0718. The summed E-state index contributed by atoms with van der Waals surface area (Å²) >= 11 is 4.14. The van der Waals surface area contributed by atoms with Crippen molar-refractivity contribution in [3.05, 3.63) is 0 Å². The van der Waals surface area contributed by atoms with Crippen LogP contribution in [-0.4, -0.2) is 50.0 Å². The van der Waals surface area contributed by atoms with Crippen LogP contribution in [0.3, 0.4) is 0 Å². The molecule has 0 aromatic carbocycles. The van der Waals surface area contributed by atoms with E-state index < -0.39 is 11.3 Å². The van der Waals surface area contributed by atoms with Crippen LogP contribution >= 0.6 is 23.5 Å². The Morgan fingerprint density at radius 2 is 1.69 bits per heavy atom. The molecule has 168 valence electrons. The van der Waals surface area contributed by atoms with Crippen molar-refractivity contribution in [1.29, 1.82) is 0 Å². The lowest BCUT2D eigenvalue weighted by molar-refractivity contribution is -0.0801. The molecular weight excluding hydrogens is 402 g/mol. The molecule has 0 bridgehead atoms. The highest BCUT2D eigenvalue weighted by Crippen LogP contribution is 2.49. The van der Waals surface area contributed by atoms with Gasteiger partial charge in [0.2, 0.25) is 0 Å². The van der Waals surface area contributed by atoms with E-state index in [4.69, 9.17) is 9.47 Å². The van der Waals surface area contributed by atoms with E-state index in [0.29, 0.717) is 5.92 Å². The molecule has 1 aliphatic carbocycles. The molecule has 0 aromatic heterocycles. The summed E-state index contributed by atoms with van der Waals surface area (Å²) in [7, 11) is 0. The molecule has 29 heavy (non-hydrogen) atoms. The van der Waals surface area contributed by atoms with Gasteiger partial charge in [-0.2, -0.15) is 0 Å². The zero-order chi connectivity index (χ0) is 21.3. The van der Waals surface area contributed by atoms with Crippen LogP contribution in [0.1, 0.15) is 92.9 Å². The molecule has 0 spiro atoms. The standard InChI is InChI=1S/C23H41NO3S2/c1-21(2,3)27-20(25)24-18(15-17-11-8-7-9-12-17)19(26-22(24,4)5)16-23(6)28-13-10-14-29-23/h17-19H,7-16H2,1-6H3/t18-,19-/m0/s1. The highest BCUT2D eigenvalue weighted by Gasteiger charge is 2.53. The maximum atomic E-state index is 13.3. The molecule has 3 aliphatic rings. The molecule has 3 fully saturated rings. The molecule has 2 saturated heterocycles. The number of carbonyl (C=O) groups excluding carboxylic acids is 1. The third-order valence-corrected chi connectivity index (χ3v) is 9.59. The lowest BCUT2D eigenvalue weighted by Crippen LogP contribution is -2.51. The average molecular weight is 444 g/mol. The number of hydrogen-bond acceptors (Lipinski definition) is 5. The molecule has 0 N–H and O–H groups in total. The highest BCUT2D eigenvalue weighted by atomic mass is 32.2. The van der Waals surface area contributed by atoms with Gasteiger partial charge in [-0.3, -0.25) is 4.90 Å². The van der Waals surface area contributed by atoms with Gasteiger partial charge in [0, 0.05) is 0 Å². The second kappa shape index (κ2) is 9.20. The van der Waals surface area contributed by atoms with E-state index >= 15 is 0 Å². The van der Waals surface area contributed by atoms with Crippen LogP contribution in [0.2, 0.25) is 0 Å². The summed E-state index contributed by atoms with van der Waals surface area (Å²) in [6.07, 6.45) is 9.73. The van der Waals surface area contributed by atoms with Gasteiger partial charge in [0.05, 0.1) is 16.2 Å². The molecule has 1 amide bonds. The number of amides is 1. The Morgan fingerprint density at radius 3 is 2.28 bits per heavy atom. The first-order valence-corrected chi connectivity index (χ1v) is 13.4. The van der Waals surface area contributed by atoms with Crippen molar-refractivity contribution in [3.8, 4) is 0 Å². The molecule has 0 unspecified atom stereocenters. The number of nitrogens with zero attached hydrogens (tertiary/aromatic N) is 1. The summed E-state index contributed by atoms with van der Waals surface area (Å²) in [6.45, 7) is 12.3. The van der Waals surface area contributed by atoms with E-state index in [1.54, 1.807) is 0 Å². The molecule has 0 radical (unpaired) electrons. The van der Waals surface area contributed by atoms with E-state index in [9.17, 15) is 4.79 Å². The second-order valence-corrected chi connectivity index (χ2v) is 14.1. The maximum Gasteiger partial charge on any atom is 0.412 e. The number of thioether (sulfide) groups is 2. The first-order chi connectivity index (χ1) is 13.5. The zero-order valence-electron chi connectivity index (χ0n) is 19.3. The third kappa shape index (κ3) is 6.22. The molecular formula is C23H41NO3S2. The smallest absolute Gasteiger partial charge is 0.412 e. The molecule has 3 rings (SSSR count). The van der Waals surface area contributed by atoms with E-state index in [2.05, 4.69) is 30.4 Å². The van der Waals surface area contributed by atoms with Crippen LogP contribution in [0.5, 0.6) is 0 Å². The van der Waals surface area contributed by atoms with Crippen LogP contribution < -0.4 is 0 Å². The number of hydrogen-bond donors (Lipinski definition) is 0. The monoisotopic (exact) mass is 443 g/mol. The third-order valence-electron chi connectivity index (χ3n) is 6.35. The van der Waals surface area contributed by atoms with Gasteiger partial charge in [-0.1, -0.05) is 32.1 Å². The van der Waals surface area contributed by atoms with Gasteiger partial charge in [-0.05, 0) is 78.2 Å². The average Bonchev–Trinajstić information content (AvgIpc) is 2.84. The fraction of sp³-hybridized carbons (Fsp3) is 0.957. The molecule has 1 saturated carbocycles. The molecule has 2 heterocycles. The van der Waals surface area contributed by atoms with Gasteiger partial charge in [-0.15, -0.1) is 23.5 Å². The molecule has 0 aromatic rings. The predicted octanol–water partition coefficient (Wildman–Crippen LogP) is 6.67. The van der Waals surface area contributed by atoms with E-state index in [-0.39, 0.29) is 22.3 Å². The molecule has 6 heteroatoms. The first-order valence-electron chi connectivity index (χ1n) is 11.5. The summed E-state index contributed by atoms with van der Waals surface area (Å²) in [5.41, 5.74) is -1.13. The Labute approximate surface area is 186 Å². The van der Waals surface area contributed by atoms with Crippen molar-refractivity contribution >= 4 is 29.6 Å². The van der Waals surface area contributed by atoms with E-state index in [0.717, 1.165) is 12.8 Å². The van der Waals surface area contributed by atoms with Crippen LogP contribution in [-0.2, 0) is 9.47 Å². The number of rotatable bonds is 4. The normalized spacial score (nSPS) is 30.3. The topological polar surface area (TPSA) is 38.8 Å². The fourth-order valence-corrected chi connectivity index (χ4v) is 8.12. The maximum absolute atomic E-state index is 13.3. The Hall–Kier alpha value is -0.0700. The van der Waals surface area contributed by atoms with Crippen LogP contribution in [0, 0.1) is 5.92 Å². The lowest BCUT2D eigenvalue weighted by atomic mass is 9.83. The van der Waals surface area contributed by atoms with E-state index in [1.807, 2.05) is 39.5 Å². The van der Waals surface area contributed by atoms with Crippen molar-refractivity contribution in [2.24, 2.45) is 5.92 Å². The zero-order valence-corrected chi connectivity index (χ0v) is 20.9. The largest absolute Gasteiger partial charge is 0.444 e. The van der Waals surface area contributed by atoms with E-state index in [1.165, 1.54) is 50.0 Å². The fourth-order valence-electron chi connectivity index (χ4n) is 5.10. The summed E-state index contributed by atoms with van der Waals surface area (Å²) in [4.78, 5) is 15.2. The van der Waals surface area contributed by atoms with Crippen molar-refractivity contribution in [3.63, 3.8) is 0 Å². The van der Waals surface area contributed by atoms with Gasteiger partial charge >= 0.3 is 6.09 Å². The highest BCUT2D eigenvalue weighted by molar-refractivity contribution is 8.18. The summed E-state index contributed by atoms with van der Waals surface area (Å²) in [6, 6.07) is 0.0999. The predicted molar refractivity (Wildman–Crippen MR) is 125 cm³/mol. The Balaban J connectivity index is 1.82. The van der Waals surface area contributed by atoms with Crippen molar-refractivity contribution in [1.82, 2.24) is 4.90 Å². The van der Waals surface area contributed by atoms with Crippen molar-refractivity contribution in [2.75, 3.05) is 11.5 Å². The molecule has 2 atom stereocenters. The minimum atomic E-state index is -0.632. The Kier molecular flexibility index (Phi) is 7.48.